The molecule has 1 aromatic carbocycles. The van der Waals surface area contributed by atoms with Crippen molar-refractivity contribution in [2.75, 3.05) is 17.3 Å². The number of hydrogen-bond donors (Lipinski definition) is 1. The van der Waals surface area contributed by atoms with Crippen molar-refractivity contribution in [3.8, 4) is 0 Å². The van der Waals surface area contributed by atoms with Gasteiger partial charge in [-0.15, -0.1) is 0 Å². The number of hydrogen-bond acceptors (Lipinski definition) is 3. The molecule has 1 aliphatic heterocycles. The molecule has 2 aromatic rings. The zero-order valence-corrected chi connectivity index (χ0v) is 12.0. The van der Waals surface area contributed by atoms with E-state index in [0.717, 1.165) is 39.6 Å². The highest BCUT2D eigenvalue weighted by Crippen LogP contribution is 2.51. The number of carbonyl (C=O) groups is 1. The van der Waals surface area contributed by atoms with Crippen LogP contribution in [0, 0.1) is 0 Å². The average Bonchev–Trinajstić information content (AvgIpc) is 3.17. The van der Waals surface area contributed by atoms with Crippen molar-refractivity contribution in [2.45, 2.75) is 18.4 Å². The van der Waals surface area contributed by atoms with Gasteiger partial charge < -0.3 is 10.2 Å². The molecule has 4 rings (SSSR count). The highest BCUT2D eigenvalue weighted by molar-refractivity contribution is 9.10. The first-order valence-corrected chi connectivity index (χ1v) is 7.05. The van der Waals surface area contributed by atoms with Crippen LogP contribution in [0.4, 0.5) is 11.4 Å². The highest BCUT2D eigenvalue weighted by Gasteiger charge is 2.56. The Kier molecular flexibility index (Phi) is 2.05. The number of amides is 1. The Hall–Kier alpha value is -1.62. The van der Waals surface area contributed by atoms with Gasteiger partial charge in [-0.05, 0) is 31.0 Å². The van der Waals surface area contributed by atoms with Crippen molar-refractivity contribution in [3.63, 3.8) is 0 Å². The van der Waals surface area contributed by atoms with E-state index in [2.05, 4.69) is 37.2 Å². The van der Waals surface area contributed by atoms with Gasteiger partial charge in [0.1, 0.15) is 5.54 Å². The monoisotopic (exact) mass is 317 g/mol. The van der Waals surface area contributed by atoms with Crippen LogP contribution in [-0.2, 0) is 4.79 Å². The number of aromatic nitrogens is 1. The number of carbonyl (C=O) groups excluding carboxylic acids is 1. The van der Waals surface area contributed by atoms with Crippen molar-refractivity contribution in [1.29, 1.82) is 0 Å². The third-order valence-electron chi connectivity index (χ3n) is 4.17. The van der Waals surface area contributed by atoms with Crippen LogP contribution in [0.1, 0.15) is 12.8 Å². The zero-order chi connectivity index (χ0) is 13.2. The molecule has 0 atom stereocenters. The van der Waals surface area contributed by atoms with Gasteiger partial charge in [-0.25, -0.2) is 0 Å². The Balaban J connectivity index is 2.04. The minimum Gasteiger partial charge on any atom is -0.358 e. The van der Waals surface area contributed by atoms with E-state index >= 15 is 0 Å². The number of fused-ring (bicyclic) bond motifs is 3. The van der Waals surface area contributed by atoms with E-state index in [-0.39, 0.29) is 11.4 Å². The minimum atomic E-state index is -0.330. The summed E-state index contributed by atoms with van der Waals surface area (Å²) in [4.78, 5) is 18.7. The highest BCUT2D eigenvalue weighted by atomic mass is 79.9. The maximum absolute atomic E-state index is 12.2. The Labute approximate surface area is 118 Å². The summed E-state index contributed by atoms with van der Waals surface area (Å²) in [6, 6.07) is 6.03. The molecule has 2 heterocycles. The standard InChI is InChI=1S/C14H12BrN3O/c1-18-12-9-6-8(15)2-3-10(9)16-7-11(12)17-13(19)14(18)4-5-14/h2-3,6-7H,4-5H2,1H3,(H,17,19). The second-order valence-corrected chi connectivity index (χ2v) is 6.14. The maximum atomic E-state index is 12.2. The lowest BCUT2D eigenvalue weighted by Crippen LogP contribution is -2.48. The van der Waals surface area contributed by atoms with Crippen molar-refractivity contribution in [1.82, 2.24) is 4.98 Å². The molecular formula is C14H12BrN3O. The van der Waals surface area contributed by atoms with Crippen molar-refractivity contribution >= 4 is 44.1 Å². The fourth-order valence-corrected chi connectivity index (χ4v) is 3.25. The quantitative estimate of drug-likeness (QED) is 0.812. The maximum Gasteiger partial charge on any atom is 0.250 e. The van der Waals surface area contributed by atoms with Crippen LogP contribution < -0.4 is 10.2 Å². The van der Waals surface area contributed by atoms with Gasteiger partial charge in [-0.1, -0.05) is 15.9 Å². The molecule has 96 valence electrons. The number of nitrogens with one attached hydrogen (secondary N) is 1. The van der Waals surface area contributed by atoms with Crippen LogP contribution in [0.2, 0.25) is 0 Å². The van der Waals surface area contributed by atoms with E-state index in [0.29, 0.717) is 0 Å². The molecule has 1 saturated carbocycles. The average molecular weight is 318 g/mol. The first kappa shape index (κ1) is 11.2. The van der Waals surface area contributed by atoms with Gasteiger partial charge >= 0.3 is 0 Å². The number of anilines is 2. The third-order valence-corrected chi connectivity index (χ3v) is 4.67. The number of likely N-dealkylation sites (N-methyl/N-ethyl adjacent to an activating group) is 1. The van der Waals surface area contributed by atoms with E-state index in [9.17, 15) is 4.79 Å². The molecule has 1 aliphatic carbocycles. The molecule has 19 heavy (non-hydrogen) atoms. The summed E-state index contributed by atoms with van der Waals surface area (Å²) in [7, 11) is 2.00. The predicted molar refractivity (Wildman–Crippen MR) is 78.4 cm³/mol. The minimum absolute atomic E-state index is 0.0960. The predicted octanol–water partition coefficient (Wildman–Crippen LogP) is 2.92. The summed E-state index contributed by atoms with van der Waals surface area (Å²) in [6.07, 6.45) is 3.59. The van der Waals surface area contributed by atoms with Gasteiger partial charge in [-0.3, -0.25) is 9.78 Å². The summed E-state index contributed by atoms with van der Waals surface area (Å²) >= 11 is 3.50. The Bertz CT molecular complexity index is 724. The lowest BCUT2D eigenvalue weighted by Gasteiger charge is -2.36. The summed E-state index contributed by atoms with van der Waals surface area (Å²) in [5.41, 5.74) is 2.49. The molecule has 0 bridgehead atoms. The van der Waals surface area contributed by atoms with E-state index in [4.69, 9.17) is 0 Å². The van der Waals surface area contributed by atoms with Crippen molar-refractivity contribution < 1.29 is 4.79 Å². The van der Waals surface area contributed by atoms with Crippen molar-refractivity contribution in [3.05, 3.63) is 28.9 Å². The normalized spacial score (nSPS) is 19.5. The molecule has 0 radical (unpaired) electrons. The summed E-state index contributed by atoms with van der Waals surface area (Å²) < 4.78 is 1.02. The van der Waals surface area contributed by atoms with Crippen LogP contribution in [0.3, 0.4) is 0 Å². The summed E-state index contributed by atoms with van der Waals surface area (Å²) in [5, 5.41) is 4.07. The van der Waals surface area contributed by atoms with Crippen LogP contribution in [-0.4, -0.2) is 23.5 Å². The number of nitrogens with zero attached hydrogens (tertiary/aromatic N) is 2. The first-order valence-electron chi connectivity index (χ1n) is 6.25. The molecule has 0 saturated heterocycles. The van der Waals surface area contributed by atoms with Crippen LogP contribution in [0.25, 0.3) is 10.9 Å². The van der Waals surface area contributed by atoms with Gasteiger partial charge in [0.25, 0.3) is 0 Å². The largest absolute Gasteiger partial charge is 0.358 e. The van der Waals surface area contributed by atoms with Gasteiger partial charge in [0.05, 0.1) is 23.1 Å². The smallest absolute Gasteiger partial charge is 0.250 e. The van der Waals surface area contributed by atoms with Gasteiger partial charge in [0.15, 0.2) is 0 Å². The van der Waals surface area contributed by atoms with Crippen molar-refractivity contribution in [2.24, 2.45) is 0 Å². The second-order valence-electron chi connectivity index (χ2n) is 5.23. The number of rotatable bonds is 0. The van der Waals surface area contributed by atoms with Gasteiger partial charge in [0, 0.05) is 16.9 Å². The molecule has 1 aromatic heterocycles. The molecule has 1 fully saturated rings. The molecule has 2 aliphatic rings. The van der Waals surface area contributed by atoms with Gasteiger partial charge in [-0.2, -0.15) is 0 Å². The van der Waals surface area contributed by atoms with Gasteiger partial charge in [0.2, 0.25) is 5.91 Å². The molecule has 0 unspecified atom stereocenters. The second kappa shape index (κ2) is 3.48. The topological polar surface area (TPSA) is 45.2 Å². The summed E-state index contributed by atoms with van der Waals surface area (Å²) in [5.74, 6) is 0.0960. The number of halogens is 1. The molecule has 1 spiro atoms. The fourth-order valence-electron chi connectivity index (χ4n) is 2.89. The van der Waals surface area contributed by atoms with E-state index < -0.39 is 0 Å². The Morgan fingerprint density at radius 2 is 2.21 bits per heavy atom. The summed E-state index contributed by atoms with van der Waals surface area (Å²) in [6.45, 7) is 0. The van der Waals surface area contributed by atoms with E-state index in [1.807, 2.05) is 19.2 Å². The number of pyridine rings is 1. The Morgan fingerprint density at radius 3 is 2.95 bits per heavy atom. The number of benzene rings is 1. The SMILES string of the molecule is CN1c2c(cnc3ccc(Br)cc23)NC(=O)C12CC2. The molecular weight excluding hydrogens is 306 g/mol. The lowest BCUT2D eigenvalue weighted by atomic mass is 10.0. The fraction of sp³-hybridized carbons (Fsp3) is 0.286. The van der Waals surface area contributed by atoms with E-state index in [1.54, 1.807) is 6.20 Å². The van der Waals surface area contributed by atoms with Crippen LogP contribution in [0.5, 0.6) is 0 Å². The first-order chi connectivity index (χ1) is 9.12. The molecule has 4 nitrogen and oxygen atoms in total. The van der Waals surface area contributed by atoms with Crippen LogP contribution >= 0.6 is 15.9 Å². The molecule has 1 N–H and O–H groups in total. The lowest BCUT2D eigenvalue weighted by molar-refractivity contribution is -0.118. The molecule has 1 amide bonds. The van der Waals surface area contributed by atoms with E-state index in [1.165, 1.54) is 0 Å². The molecule has 5 heteroatoms. The third kappa shape index (κ3) is 1.39. The van der Waals surface area contributed by atoms with Crippen LogP contribution in [0.15, 0.2) is 28.9 Å². The zero-order valence-electron chi connectivity index (χ0n) is 10.4. The Morgan fingerprint density at radius 1 is 1.42 bits per heavy atom.